The van der Waals surface area contributed by atoms with Gasteiger partial charge in [-0.25, -0.2) is 0 Å². The van der Waals surface area contributed by atoms with Gasteiger partial charge in [-0.1, -0.05) is 12.1 Å². The van der Waals surface area contributed by atoms with Crippen molar-refractivity contribution in [3.8, 4) is 11.5 Å². The number of amides is 3. The van der Waals surface area contributed by atoms with Crippen LogP contribution < -0.4 is 20.1 Å². The van der Waals surface area contributed by atoms with Gasteiger partial charge in [-0.15, -0.1) is 0 Å². The first-order valence-electron chi connectivity index (χ1n) is 11.1. The second-order valence-electron chi connectivity index (χ2n) is 8.17. The number of anilines is 2. The maximum absolute atomic E-state index is 13.3. The molecule has 0 radical (unpaired) electrons. The Morgan fingerprint density at radius 3 is 2.35 bits per heavy atom. The molecular formula is C25H27N3O6. The Morgan fingerprint density at radius 2 is 1.68 bits per heavy atom. The van der Waals surface area contributed by atoms with E-state index in [2.05, 4.69) is 10.6 Å². The number of nitrogens with zero attached hydrogens (tertiary/aromatic N) is 1. The summed E-state index contributed by atoms with van der Waals surface area (Å²) in [6, 6.07) is 12.0. The third kappa shape index (κ3) is 5.04. The van der Waals surface area contributed by atoms with Crippen molar-refractivity contribution >= 4 is 34.7 Å². The molecule has 0 spiro atoms. The van der Waals surface area contributed by atoms with Crippen LogP contribution in [-0.4, -0.2) is 55.1 Å². The SMILES string of the molecule is CC(=O)Nc1ccc(C2=C(Nc3ccc4c(c3)OCCO4)C(=O)N(CCOC(C)C)C2=O)cc1. The van der Waals surface area contributed by atoms with Gasteiger partial charge in [0.25, 0.3) is 11.8 Å². The lowest BCUT2D eigenvalue weighted by Crippen LogP contribution is -2.35. The van der Waals surface area contributed by atoms with Crippen LogP contribution in [0.3, 0.4) is 0 Å². The van der Waals surface area contributed by atoms with Gasteiger partial charge in [0, 0.05) is 24.4 Å². The zero-order chi connectivity index (χ0) is 24.2. The van der Waals surface area contributed by atoms with E-state index in [0.717, 1.165) is 0 Å². The Balaban J connectivity index is 1.66. The van der Waals surface area contributed by atoms with E-state index in [9.17, 15) is 14.4 Å². The van der Waals surface area contributed by atoms with E-state index >= 15 is 0 Å². The molecule has 0 aliphatic carbocycles. The maximum Gasteiger partial charge on any atom is 0.278 e. The fourth-order valence-electron chi connectivity index (χ4n) is 3.73. The molecule has 4 rings (SSSR count). The highest BCUT2D eigenvalue weighted by molar-refractivity contribution is 6.36. The molecule has 0 unspecified atom stereocenters. The average Bonchev–Trinajstić information content (AvgIpc) is 3.03. The highest BCUT2D eigenvalue weighted by atomic mass is 16.6. The highest BCUT2D eigenvalue weighted by Gasteiger charge is 2.39. The minimum absolute atomic E-state index is 0.0168. The highest BCUT2D eigenvalue weighted by Crippen LogP contribution is 2.35. The number of hydrogen-bond acceptors (Lipinski definition) is 7. The molecule has 2 aliphatic heterocycles. The zero-order valence-electron chi connectivity index (χ0n) is 19.3. The van der Waals surface area contributed by atoms with E-state index in [0.29, 0.717) is 41.7 Å². The van der Waals surface area contributed by atoms with Crippen LogP contribution in [0.25, 0.3) is 5.57 Å². The number of hydrogen-bond donors (Lipinski definition) is 2. The molecule has 2 aromatic carbocycles. The van der Waals surface area contributed by atoms with Gasteiger partial charge in [0.2, 0.25) is 5.91 Å². The molecule has 0 fully saturated rings. The second kappa shape index (κ2) is 9.96. The fourth-order valence-corrected chi connectivity index (χ4v) is 3.73. The summed E-state index contributed by atoms with van der Waals surface area (Å²) in [7, 11) is 0. The van der Waals surface area contributed by atoms with Crippen molar-refractivity contribution in [3.05, 3.63) is 53.7 Å². The van der Waals surface area contributed by atoms with Crippen LogP contribution in [-0.2, 0) is 19.1 Å². The number of carbonyl (C=O) groups excluding carboxylic acids is 3. The minimum atomic E-state index is -0.437. The molecule has 0 bridgehead atoms. The number of carbonyl (C=O) groups is 3. The van der Waals surface area contributed by atoms with Crippen LogP contribution in [0.4, 0.5) is 11.4 Å². The summed E-state index contributed by atoms with van der Waals surface area (Å²) in [5.74, 6) is 0.145. The Bertz CT molecular complexity index is 1140. The summed E-state index contributed by atoms with van der Waals surface area (Å²) in [5.41, 5.74) is 2.15. The van der Waals surface area contributed by atoms with Crippen molar-refractivity contribution in [2.45, 2.75) is 26.9 Å². The van der Waals surface area contributed by atoms with E-state index in [4.69, 9.17) is 14.2 Å². The summed E-state index contributed by atoms with van der Waals surface area (Å²) >= 11 is 0. The number of ether oxygens (including phenoxy) is 3. The number of imide groups is 1. The van der Waals surface area contributed by atoms with Crippen LogP contribution in [0, 0.1) is 0 Å². The molecule has 0 aromatic heterocycles. The van der Waals surface area contributed by atoms with Crippen LogP contribution in [0.2, 0.25) is 0 Å². The lowest BCUT2D eigenvalue weighted by Gasteiger charge is -2.19. The van der Waals surface area contributed by atoms with E-state index in [1.54, 1.807) is 42.5 Å². The van der Waals surface area contributed by atoms with Crippen LogP contribution in [0.1, 0.15) is 26.3 Å². The predicted molar refractivity (Wildman–Crippen MR) is 127 cm³/mol. The Kier molecular flexibility index (Phi) is 6.83. The fraction of sp³-hybridized carbons (Fsp3) is 0.320. The molecule has 9 nitrogen and oxygen atoms in total. The van der Waals surface area contributed by atoms with Gasteiger partial charge in [0.1, 0.15) is 18.9 Å². The molecule has 2 heterocycles. The van der Waals surface area contributed by atoms with Crippen molar-refractivity contribution < 1.29 is 28.6 Å². The minimum Gasteiger partial charge on any atom is -0.486 e. The van der Waals surface area contributed by atoms with Gasteiger partial charge in [0.15, 0.2) is 11.5 Å². The first kappa shape index (κ1) is 23.3. The van der Waals surface area contributed by atoms with Gasteiger partial charge in [-0.05, 0) is 43.7 Å². The van der Waals surface area contributed by atoms with E-state index in [1.165, 1.54) is 11.8 Å². The lowest BCUT2D eigenvalue weighted by molar-refractivity contribution is -0.138. The molecule has 2 aliphatic rings. The molecule has 0 saturated heterocycles. The second-order valence-corrected chi connectivity index (χ2v) is 8.17. The van der Waals surface area contributed by atoms with Crippen LogP contribution in [0.15, 0.2) is 48.2 Å². The van der Waals surface area contributed by atoms with Gasteiger partial charge in [0.05, 0.1) is 24.8 Å². The summed E-state index contributed by atoms with van der Waals surface area (Å²) < 4.78 is 16.7. The molecule has 3 amide bonds. The summed E-state index contributed by atoms with van der Waals surface area (Å²) in [6.07, 6.45) is -0.0168. The average molecular weight is 466 g/mol. The number of fused-ring (bicyclic) bond motifs is 1. The molecule has 0 saturated carbocycles. The monoisotopic (exact) mass is 465 g/mol. The van der Waals surface area contributed by atoms with E-state index in [-0.39, 0.29) is 36.4 Å². The summed E-state index contributed by atoms with van der Waals surface area (Å²) in [5, 5.41) is 5.81. The van der Waals surface area contributed by atoms with Crippen molar-refractivity contribution in [1.82, 2.24) is 4.90 Å². The molecule has 34 heavy (non-hydrogen) atoms. The number of nitrogens with one attached hydrogen (secondary N) is 2. The van der Waals surface area contributed by atoms with Crippen molar-refractivity contribution in [2.24, 2.45) is 0 Å². The van der Waals surface area contributed by atoms with Crippen molar-refractivity contribution in [2.75, 3.05) is 37.0 Å². The standard InChI is InChI=1S/C25H27N3O6/c1-15(2)32-11-10-28-24(30)22(17-4-6-18(7-5-17)26-16(3)29)23(25(28)31)27-19-8-9-20-21(14-19)34-13-12-33-20/h4-9,14-15,27H,10-13H2,1-3H3,(H,26,29). The Labute approximate surface area is 197 Å². The third-order valence-electron chi connectivity index (χ3n) is 5.24. The number of benzene rings is 2. The summed E-state index contributed by atoms with van der Waals surface area (Å²) in [4.78, 5) is 39.1. The molecule has 0 atom stereocenters. The summed E-state index contributed by atoms with van der Waals surface area (Å²) in [6.45, 7) is 6.49. The predicted octanol–water partition coefficient (Wildman–Crippen LogP) is 3.03. The first-order chi connectivity index (χ1) is 16.3. The van der Waals surface area contributed by atoms with Crippen LogP contribution in [0.5, 0.6) is 11.5 Å². The van der Waals surface area contributed by atoms with Crippen LogP contribution >= 0.6 is 0 Å². The normalized spacial score (nSPS) is 15.2. The first-order valence-corrected chi connectivity index (χ1v) is 11.1. The van der Waals surface area contributed by atoms with Gasteiger partial charge in [-0.3, -0.25) is 19.3 Å². The van der Waals surface area contributed by atoms with Crippen molar-refractivity contribution in [1.29, 1.82) is 0 Å². The lowest BCUT2D eigenvalue weighted by atomic mass is 10.0. The van der Waals surface area contributed by atoms with Gasteiger partial charge < -0.3 is 24.8 Å². The largest absolute Gasteiger partial charge is 0.486 e. The molecule has 9 heteroatoms. The number of rotatable bonds is 8. The van der Waals surface area contributed by atoms with E-state index in [1.807, 2.05) is 13.8 Å². The molecular weight excluding hydrogens is 438 g/mol. The smallest absolute Gasteiger partial charge is 0.278 e. The van der Waals surface area contributed by atoms with Gasteiger partial charge in [-0.2, -0.15) is 0 Å². The molecule has 178 valence electrons. The third-order valence-corrected chi connectivity index (χ3v) is 5.24. The molecule has 2 N–H and O–H groups in total. The van der Waals surface area contributed by atoms with Crippen molar-refractivity contribution in [3.63, 3.8) is 0 Å². The van der Waals surface area contributed by atoms with Gasteiger partial charge >= 0.3 is 0 Å². The zero-order valence-corrected chi connectivity index (χ0v) is 19.3. The topological polar surface area (TPSA) is 106 Å². The van der Waals surface area contributed by atoms with E-state index < -0.39 is 11.8 Å². The quantitative estimate of drug-likeness (QED) is 0.577. The maximum atomic E-state index is 13.3. The Morgan fingerprint density at radius 1 is 1.00 bits per heavy atom. The Hall–Kier alpha value is -3.85. The molecule has 2 aromatic rings.